The van der Waals surface area contributed by atoms with Crippen LogP contribution < -0.4 is 5.73 Å². The molecule has 2 N–H and O–H groups in total. The van der Waals surface area contributed by atoms with E-state index in [-0.39, 0.29) is 17.0 Å². The van der Waals surface area contributed by atoms with Crippen molar-refractivity contribution in [2.24, 2.45) is 5.73 Å². The topological polar surface area (TPSA) is 60.2 Å². The molecule has 0 bridgehead atoms. The van der Waals surface area contributed by atoms with Crippen molar-refractivity contribution in [3.05, 3.63) is 34.9 Å². The number of hydrogen-bond donors (Lipinski definition) is 1. The Bertz CT molecular complexity index is 507. The summed E-state index contributed by atoms with van der Waals surface area (Å²) in [7, 11) is -3.12. The summed E-state index contributed by atoms with van der Waals surface area (Å²) in [6.45, 7) is 0. The van der Waals surface area contributed by atoms with E-state index in [2.05, 4.69) is 0 Å². The molecule has 1 fully saturated rings. The third-order valence-corrected chi connectivity index (χ3v) is 6.11. The standard InChI is InChI=1S/C13H18ClNO2S/c14-13-4-2-1-3-10(13)9-18(16,17)12-7-5-11(15)6-8-12/h1-4,11-12H,5-9,15H2. The summed E-state index contributed by atoms with van der Waals surface area (Å²) in [5.74, 6) is 0.0343. The van der Waals surface area contributed by atoms with Crippen LogP contribution in [0, 0.1) is 0 Å². The van der Waals surface area contributed by atoms with Gasteiger partial charge in [0.1, 0.15) is 0 Å². The van der Waals surface area contributed by atoms with Gasteiger partial charge in [-0.25, -0.2) is 8.42 Å². The van der Waals surface area contributed by atoms with Crippen molar-refractivity contribution in [2.75, 3.05) is 0 Å². The Labute approximate surface area is 113 Å². The fraction of sp³-hybridized carbons (Fsp3) is 0.538. The highest BCUT2D eigenvalue weighted by Crippen LogP contribution is 2.27. The van der Waals surface area contributed by atoms with Crippen LogP contribution in [0.2, 0.25) is 5.02 Å². The van der Waals surface area contributed by atoms with E-state index < -0.39 is 9.84 Å². The third-order valence-electron chi connectivity index (χ3n) is 3.54. The smallest absolute Gasteiger partial charge is 0.157 e. The Morgan fingerprint density at radius 1 is 1.17 bits per heavy atom. The van der Waals surface area contributed by atoms with Crippen LogP contribution in [0.3, 0.4) is 0 Å². The summed E-state index contributed by atoms with van der Waals surface area (Å²) < 4.78 is 24.6. The molecule has 18 heavy (non-hydrogen) atoms. The molecular weight excluding hydrogens is 270 g/mol. The van der Waals surface area contributed by atoms with Gasteiger partial charge in [-0.1, -0.05) is 29.8 Å². The van der Waals surface area contributed by atoms with Gasteiger partial charge in [-0.2, -0.15) is 0 Å². The van der Waals surface area contributed by atoms with Crippen molar-refractivity contribution in [3.8, 4) is 0 Å². The number of sulfone groups is 1. The molecule has 0 atom stereocenters. The quantitative estimate of drug-likeness (QED) is 0.929. The zero-order chi connectivity index (χ0) is 13.2. The van der Waals surface area contributed by atoms with Gasteiger partial charge in [-0.3, -0.25) is 0 Å². The maximum absolute atomic E-state index is 12.3. The van der Waals surface area contributed by atoms with Gasteiger partial charge in [0.25, 0.3) is 0 Å². The first-order chi connectivity index (χ1) is 8.49. The molecule has 0 spiro atoms. The highest BCUT2D eigenvalue weighted by molar-refractivity contribution is 7.91. The van der Waals surface area contributed by atoms with E-state index in [9.17, 15) is 8.42 Å². The Morgan fingerprint density at radius 2 is 1.78 bits per heavy atom. The summed E-state index contributed by atoms with van der Waals surface area (Å²) in [5, 5.41) is 0.266. The molecule has 5 heteroatoms. The van der Waals surface area contributed by atoms with Crippen LogP contribution in [0.25, 0.3) is 0 Å². The Morgan fingerprint density at radius 3 is 2.39 bits per heavy atom. The minimum atomic E-state index is -3.12. The van der Waals surface area contributed by atoms with Gasteiger partial charge in [0, 0.05) is 11.1 Å². The summed E-state index contributed by atoms with van der Waals surface area (Å²) >= 11 is 6.01. The average Bonchev–Trinajstić information content (AvgIpc) is 2.32. The molecule has 0 aliphatic heterocycles. The third kappa shape index (κ3) is 3.25. The number of rotatable bonds is 3. The zero-order valence-corrected chi connectivity index (χ0v) is 11.8. The number of hydrogen-bond acceptors (Lipinski definition) is 3. The van der Waals surface area contributed by atoms with Crippen molar-refractivity contribution in [2.45, 2.75) is 42.7 Å². The Hall–Kier alpha value is -0.580. The van der Waals surface area contributed by atoms with Crippen LogP contribution >= 0.6 is 11.6 Å². The normalized spacial score (nSPS) is 25.0. The maximum Gasteiger partial charge on any atom is 0.157 e. The lowest BCUT2D eigenvalue weighted by Crippen LogP contribution is -2.33. The molecule has 1 aromatic rings. The van der Waals surface area contributed by atoms with Crippen molar-refractivity contribution in [3.63, 3.8) is 0 Å². The number of nitrogens with two attached hydrogens (primary N) is 1. The fourth-order valence-corrected chi connectivity index (χ4v) is 4.59. The molecule has 0 heterocycles. The van der Waals surface area contributed by atoms with Crippen molar-refractivity contribution in [1.82, 2.24) is 0 Å². The van der Waals surface area contributed by atoms with Crippen molar-refractivity contribution < 1.29 is 8.42 Å². The fourth-order valence-electron chi connectivity index (χ4n) is 2.40. The van der Waals surface area contributed by atoms with Gasteiger partial charge in [0.05, 0.1) is 11.0 Å². The predicted octanol–water partition coefficient (Wildman–Crippen LogP) is 2.52. The van der Waals surface area contributed by atoms with Crippen molar-refractivity contribution >= 4 is 21.4 Å². The first kappa shape index (κ1) is 13.8. The van der Waals surface area contributed by atoms with Crippen LogP contribution in [0.1, 0.15) is 31.2 Å². The molecule has 2 rings (SSSR count). The molecule has 0 radical (unpaired) electrons. The summed E-state index contributed by atoms with van der Waals surface area (Å²) in [6.07, 6.45) is 2.95. The van der Waals surface area contributed by atoms with Crippen molar-refractivity contribution in [1.29, 1.82) is 0 Å². The van der Waals surface area contributed by atoms with Crippen LogP contribution in [-0.4, -0.2) is 19.7 Å². The molecule has 1 aliphatic rings. The van der Waals surface area contributed by atoms with Crippen LogP contribution in [0.4, 0.5) is 0 Å². The molecule has 1 aliphatic carbocycles. The molecule has 100 valence electrons. The van der Waals surface area contributed by atoms with E-state index in [0.717, 1.165) is 12.8 Å². The van der Waals surface area contributed by atoms with E-state index in [4.69, 9.17) is 17.3 Å². The number of benzene rings is 1. The van der Waals surface area contributed by atoms with E-state index in [1.807, 2.05) is 6.07 Å². The molecule has 3 nitrogen and oxygen atoms in total. The molecule has 0 saturated heterocycles. The van der Waals surface area contributed by atoms with Gasteiger partial charge in [0.15, 0.2) is 9.84 Å². The molecule has 0 amide bonds. The van der Waals surface area contributed by atoms with E-state index in [1.165, 1.54) is 0 Å². The Balaban J connectivity index is 2.10. The molecule has 1 saturated carbocycles. The van der Waals surface area contributed by atoms with Crippen LogP contribution in [-0.2, 0) is 15.6 Å². The second-order valence-electron chi connectivity index (χ2n) is 4.94. The molecule has 0 unspecified atom stereocenters. The van der Waals surface area contributed by atoms with Gasteiger partial charge in [-0.15, -0.1) is 0 Å². The van der Waals surface area contributed by atoms with E-state index in [1.54, 1.807) is 18.2 Å². The minimum Gasteiger partial charge on any atom is -0.328 e. The summed E-state index contributed by atoms with van der Waals surface area (Å²) in [4.78, 5) is 0. The monoisotopic (exact) mass is 287 g/mol. The number of halogens is 1. The Kier molecular flexibility index (Phi) is 4.30. The highest BCUT2D eigenvalue weighted by Gasteiger charge is 2.30. The van der Waals surface area contributed by atoms with Crippen LogP contribution in [0.15, 0.2) is 24.3 Å². The average molecular weight is 288 g/mol. The van der Waals surface area contributed by atoms with Crippen LogP contribution in [0.5, 0.6) is 0 Å². The lowest BCUT2D eigenvalue weighted by Gasteiger charge is -2.26. The van der Waals surface area contributed by atoms with Gasteiger partial charge in [-0.05, 0) is 37.3 Å². The van der Waals surface area contributed by atoms with E-state index in [0.29, 0.717) is 23.4 Å². The zero-order valence-electron chi connectivity index (χ0n) is 10.2. The lowest BCUT2D eigenvalue weighted by atomic mass is 9.96. The van der Waals surface area contributed by atoms with Gasteiger partial charge < -0.3 is 5.73 Å². The predicted molar refractivity (Wildman–Crippen MR) is 74.3 cm³/mol. The summed E-state index contributed by atoms with van der Waals surface area (Å²) in [6, 6.07) is 7.28. The first-order valence-corrected chi connectivity index (χ1v) is 8.29. The highest BCUT2D eigenvalue weighted by atomic mass is 35.5. The lowest BCUT2D eigenvalue weighted by molar-refractivity contribution is 0.433. The largest absolute Gasteiger partial charge is 0.328 e. The maximum atomic E-state index is 12.3. The summed E-state index contributed by atoms with van der Waals surface area (Å²) in [5.41, 5.74) is 6.49. The first-order valence-electron chi connectivity index (χ1n) is 6.19. The minimum absolute atomic E-state index is 0.0343. The second kappa shape index (κ2) is 5.59. The van der Waals surface area contributed by atoms with Gasteiger partial charge in [0.2, 0.25) is 0 Å². The molecular formula is C13H18ClNO2S. The second-order valence-corrected chi connectivity index (χ2v) is 7.62. The molecule has 0 aromatic heterocycles. The van der Waals surface area contributed by atoms with Gasteiger partial charge >= 0.3 is 0 Å². The molecule has 1 aromatic carbocycles. The van der Waals surface area contributed by atoms with E-state index >= 15 is 0 Å². The SMILES string of the molecule is NC1CCC(S(=O)(=O)Cc2ccccc2Cl)CC1.